The second-order valence-electron chi connectivity index (χ2n) is 6.91. The summed E-state index contributed by atoms with van der Waals surface area (Å²) >= 11 is 0. The summed E-state index contributed by atoms with van der Waals surface area (Å²) in [5, 5.41) is 9.85. The highest BCUT2D eigenvalue weighted by atomic mass is 16.6. The zero-order valence-electron chi connectivity index (χ0n) is 17.0. The minimum absolute atomic E-state index is 0.000974. The third kappa shape index (κ3) is 6.49. The van der Waals surface area contributed by atoms with Gasteiger partial charge in [-0.15, -0.1) is 0 Å². The third-order valence-corrected chi connectivity index (χ3v) is 4.67. The first-order valence-electron chi connectivity index (χ1n) is 10.0. The first-order chi connectivity index (χ1) is 12.9. The van der Waals surface area contributed by atoms with Crippen LogP contribution in [0.4, 0.5) is 0 Å². The van der Waals surface area contributed by atoms with Crippen LogP contribution < -0.4 is 0 Å². The molecule has 0 aliphatic rings. The number of aromatic carboxylic acids is 1. The van der Waals surface area contributed by atoms with E-state index < -0.39 is 17.9 Å². The molecule has 5 heteroatoms. The number of rotatable bonds is 11. The van der Waals surface area contributed by atoms with Gasteiger partial charge in [-0.05, 0) is 61.3 Å². The molecule has 0 aliphatic carbocycles. The molecule has 0 saturated heterocycles. The zero-order valence-corrected chi connectivity index (χ0v) is 17.0. The fourth-order valence-corrected chi connectivity index (χ4v) is 3.32. The predicted molar refractivity (Wildman–Crippen MR) is 105 cm³/mol. The molecule has 0 atom stereocenters. The van der Waals surface area contributed by atoms with Crippen molar-refractivity contribution in [3.8, 4) is 0 Å². The number of carbonyl (C=O) groups excluding carboxylic acids is 2. The van der Waals surface area contributed by atoms with E-state index in [0.717, 1.165) is 75.0 Å². The number of aryl methyl sites for hydroxylation is 1. The number of carboxylic acids is 1. The van der Waals surface area contributed by atoms with Crippen LogP contribution in [0.15, 0.2) is 6.07 Å². The Morgan fingerprint density at radius 3 is 1.89 bits per heavy atom. The number of carbonyl (C=O) groups is 3. The molecule has 0 spiro atoms. The average molecular weight is 376 g/mol. The first kappa shape index (κ1) is 22.9. The van der Waals surface area contributed by atoms with Gasteiger partial charge in [0.25, 0.3) is 0 Å². The number of benzene rings is 1. The highest BCUT2D eigenvalue weighted by Gasteiger charge is 2.26. The summed E-state index contributed by atoms with van der Waals surface area (Å²) in [4.78, 5) is 35.7. The summed E-state index contributed by atoms with van der Waals surface area (Å²) in [6, 6.07) is 1.64. The van der Waals surface area contributed by atoms with Crippen molar-refractivity contribution in [2.75, 3.05) is 0 Å². The Hall–Kier alpha value is -2.17. The molecule has 1 aromatic rings. The average Bonchev–Trinajstić information content (AvgIpc) is 2.61. The number of hydrogen-bond donors (Lipinski definition) is 1. The molecule has 0 radical (unpaired) electrons. The van der Waals surface area contributed by atoms with Crippen LogP contribution in [0.5, 0.6) is 0 Å². The van der Waals surface area contributed by atoms with Gasteiger partial charge in [-0.1, -0.05) is 40.0 Å². The maximum absolute atomic E-state index is 12.5. The van der Waals surface area contributed by atoms with E-state index in [4.69, 9.17) is 4.74 Å². The fourth-order valence-electron chi connectivity index (χ4n) is 3.32. The summed E-state index contributed by atoms with van der Waals surface area (Å²) in [6.07, 6.45) is 7.91. The number of carboxylic acid groups (broad SMARTS) is 1. The number of hydrogen-bond acceptors (Lipinski definition) is 4. The van der Waals surface area contributed by atoms with Crippen LogP contribution in [-0.2, 0) is 28.8 Å². The van der Waals surface area contributed by atoms with Gasteiger partial charge < -0.3 is 9.84 Å². The number of ether oxygens (including phenoxy) is 1. The molecule has 0 aliphatic heterocycles. The zero-order chi connectivity index (χ0) is 20.4. The summed E-state index contributed by atoms with van der Waals surface area (Å²) in [5.74, 6) is -2.76. The molecule has 0 fully saturated rings. The van der Waals surface area contributed by atoms with Gasteiger partial charge in [0.2, 0.25) is 0 Å². The van der Waals surface area contributed by atoms with Crippen molar-refractivity contribution >= 4 is 17.9 Å². The molecule has 0 saturated carbocycles. The fraction of sp³-hybridized carbons (Fsp3) is 0.591. The standard InChI is InChI=1S/C22H32O5/c1-5-8-11-16-14-19(22(26)27-15(4)23)20(21(24)25)18(13-10-7-3)17(16)12-9-6-2/h14H,5-13H2,1-4H3,(H,24,25). The van der Waals surface area contributed by atoms with Crippen molar-refractivity contribution in [3.05, 3.63) is 33.9 Å². The monoisotopic (exact) mass is 376 g/mol. The van der Waals surface area contributed by atoms with E-state index in [0.29, 0.717) is 6.42 Å². The second-order valence-corrected chi connectivity index (χ2v) is 6.91. The second kappa shape index (κ2) is 11.5. The smallest absolute Gasteiger partial charge is 0.346 e. The maximum Gasteiger partial charge on any atom is 0.346 e. The summed E-state index contributed by atoms with van der Waals surface area (Å²) in [7, 11) is 0. The van der Waals surface area contributed by atoms with Crippen LogP contribution in [0.3, 0.4) is 0 Å². The van der Waals surface area contributed by atoms with Gasteiger partial charge >= 0.3 is 17.9 Å². The SMILES string of the molecule is CCCCc1cc(C(=O)OC(C)=O)c(C(=O)O)c(CCCC)c1CCCC. The maximum atomic E-state index is 12.5. The van der Waals surface area contributed by atoms with Crippen LogP contribution in [0.25, 0.3) is 0 Å². The highest BCUT2D eigenvalue weighted by Crippen LogP contribution is 2.29. The van der Waals surface area contributed by atoms with Gasteiger partial charge in [0.05, 0.1) is 11.1 Å². The molecule has 0 aromatic heterocycles. The van der Waals surface area contributed by atoms with Crippen molar-refractivity contribution < 1.29 is 24.2 Å². The molecule has 5 nitrogen and oxygen atoms in total. The Bertz CT molecular complexity index is 676. The molecule has 0 bridgehead atoms. The van der Waals surface area contributed by atoms with Crippen molar-refractivity contribution in [1.82, 2.24) is 0 Å². The van der Waals surface area contributed by atoms with E-state index in [1.807, 2.05) is 0 Å². The molecule has 1 aromatic carbocycles. The summed E-state index contributed by atoms with van der Waals surface area (Å²) < 4.78 is 4.73. The minimum atomic E-state index is -1.14. The lowest BCUT2D eigenvalue weighted by Gasteiger charge is -2.20. The molecular formula is C22H32O5. The van der Waals surface area contributed by atoms with Crippen molar-refractivity contribution in [3.63, 3.8) is 0 Å². The predicted octanol–water partition coefficient (Wildman–Crippen LogP) is 5.12. The normalized spacial score (nSPS) is 10.7. The quantitative estimate of drug-likeness (QED) is 0.428. The largest absolute Gasteiger partial charge is 0.478 e. The van der Waals surface area contributed by atoms with Crippen LogP contribution >= 0.6 is 0 Å². The van der Waals surface area contributed by atoms with E-state index >= 15 is 0 Å². The van der Waals surface area contributed by atoms with Gasteiger partial charge in [-0.2, -0.15) is 0 Å². The van der Waals surface area contributed by atoms with Crippen molar-refractivity contribution in [2.24, 2.45) is 0 Å². The summed E-state index contributed by atoms with van der Waals surface area (Å²) in [6.45, 7) is 7.40. The van der Waals surface area contributed by atoms with E-state index in [1.165, 1.54) is 0 Å². The molecule has 27 heavy (non-hydrogen) atoms. The van der Waals surface area contributed by atoms with Gasteiger partial charge in [-0.3, -0.25) is 4.79 Å². The van der Waals surface area contributed by atoms with Gasteiger partial charge in [0, 0.05) is 6.92 Å². The lowest BCUT2D eigenvalue weighted by atomic mass is 9.85. The Morgan fingerprint density at radius 2 is 1.41 bits per heavy atom. The third-order valence-electron chi connectivity index (χ3n) is 4.67. The topological polar surface area (TPSA) is 80.7 Å². The van der Waals surface area contributed by atoms with E-state index in [1.54, 1.807) is 6.07 Å². The number of esters is 2. The van der Waals surface area contributed by atoms with E-state index in [-0.39, 0.29) is 11.1 Å². The van der Waals surface area contributed by atoms with Gasteiger partial charge in [0.15, 0.2) is 0 Å². The Morgan fingerprint density at radius 1 is 0.889 bits per heavy atom. The Kier molecular flexibility index (Phi) is 9.76. The molecule has 0 heterocycles. The van der Waals surface area contributed by atoms with Crippen molar-refractivity contribution in [2.45, 2.75) is 85.5 Å². The Labute approximate surface area is 162 Å². The minimum Gasteiger partial charge on any atom is -0.478 e. The molecule has 0 unspecified atom stereocenters. The lowest BCUT2D eigenvalue weighted by molar-refractivity contribution is -0.135. The molecular weight excluding hydrogens is 344 g/mol. The van der Waals surface area contributed by atoms with Gasteiger partial charge in [-0.25, -0.2) is 9.59 Å². The first-order valence-corrected chi connectivity index (χ1v) is 10.0. The van der Waals surface area contributed by atoms with Crippen LogP contribution in [0.1, 0.15) is 104 Å². The molecule has 0 amide bonds. The number of unbranched alkanes of at least 4 members (excludes halogenated alkanes) is 3. The van der Waals surface area contributed by atoms with Gasteiger partial charge in [0.1, 0.15) is 0 Å². The van der Waals surface area contributed by atoms with Crippen molar-refractivity contribution in [1.29, 1.82) is 0 Å². The van der Waals surface area contributed by atoms with Crippen LogP contribution in [0.2, 0.25) is 0 Å². The lowest BCUT2D eigenvalue weighted by Crippen LogP contribution is -2.19. The summed E-state index contributed by atoms with van der Waals surface area (Å²) in [5.41, 5.74) is 2.81. The van der Waals surface area contributed by atoms with E-state index in [2.05, 4.69) is 20.8 Å². The molecule has 150 valence electrons. The molecule has 1 rings (SSSR count). The van der Waals surface area contributed by atoms with Crippen LogP contribution in [0, 0.1) is 0 Å². The molecule has 1 N–H and O–H groups in total. The Balaban J connectivity index is 3.67. The van der Waals surface area contributed by atoms with E-state index in [9.17, 15) is 19.5 Å². The highest BCUT2D eigenvalue weighted by molar-refractivity contribution is 6.06. The van der Waals surface area contributed by atoms with Crippen LogP contribution in [-0.4, -0.2) is 23.0 Å².